The quantitative estimate of drug-likeness (QED) is 0.570. The number of benzene rings is 2. The van der Waals surface area contributed by atoms with E-state index in [1.165, 1.54) is 17.0 Å². The van der Waals surface area contributed by atoms with Crippen LogP contribution in [-0.4, -0.2) is 10.2 Å². The van der Waals surface area contributed by atoms with Crippen LogP contribution in [0.3, 0.4) is 0 Å². The second-order valence-corrected chi connectivity index (χ2v) is 5.11. The zero-order valence-corrected chi connectivity index (χ0v) is 12.4. The van der Waals surface area contributed by atoms with E-state index in [-0.39, 0.29) is 11.5 Å². The van der Waals surface area contributed by atoms with Crippen molar-refractivity contribution in [3.8, 4) is 11.5 Å². The van der Waals surface area contributed by atoms with E-state index >= 15 is 0 Å². The Kier molecular flexibility index (Phi) is 3.79. The van der Waals surface area contributed by atoms with Gasteiger partial charge in [-0.15, -0.1) is 0 Å². The first-order chi connectivity index (χ1) is 10.7. The Balaban J connectivity index is 2.07. The fourth-order valence-electron chi connectivity index (χ4n) is 2.64. The topological polar surface area (TPSA) is 44.3 Å². The Morgan fingerprint density at radius 3 is 2.55 bits per heavy atom. The highest BCUT2D eigenvalue weighted by Gasteiger charge is 2.11. The van der Waals surface area contributed by atoms with Crippen molar-refractivity contribution in [3.63, 3.8) is 0 Å². The van der Waals surface area contributed by atoms with Gasteiger partial charge in [-0.1, -0.05) is 24.3 Å². The smallest absolute Gasteiger partial charge is 0.212 e. The molecule has 3 heteroatoms. The molecular weight excluding hydrogens is 274 g/mol. The average Bonchev–Trinajstić information content (AvgIpc) is 2.55. The minimum absolute atomic E-state index is 0.0948. The minimum atomic E-state index is -0.107. The highest BCUT2D eigenvalue weighted by molar-refractivity contribution is 5.78. The van der Waals surface area contributed by atoms with Gasteiger partial charge in [0.1, 0.15) is 6.54 Å². The number of aromatic hydroxyl groups is 2. The molecule has 0 aliphatic rings. The molecule has 0 atom stereocenters. The number of phenols is 2. The van der Waals surface area contributed by atoms with Crippen LogP contribution in [-0.2, 0) is 6.54 Å². The Bertz CT molecular complexity index is 853. The summed E-state index contributed by atoms with van der Waals surface area (Å²) >= 11 is 0. The molecular formula is C19H18NO2+. The van der Waals surface area contributed by atoms with Crippen LogP contribution in [0.25, 0.3) is 23.1 Å². The van der Waals surface area contributed by atoms with Crippen LogP contribution in [0.2, 0.25) is 0 Å². The Morgan fingerprint density at radius 1 is 0.909 bits per heavy atom. The van der Waals surface area contributed by atoms with Crippen molar-refractivity contribution in [1.29, 1.82) is 0 Å². The van der Waals surface area contributed by atoms with E-state index in [4.69, 9.17) is 0 Å². The van der Waals surface area contributed by atoms with E-state index in [2.05, 4.69) is 35.8 Å². The van der Waals surface area contributed by atoms with Gasteiger partial charge < -0.3 is 10.2 Å². The fourth-order valence-corrected chi connectivity index (χ4v) is 2.64. The lowest BCUT2D eigenvalue weighted by molar-refractivity contribution is -0.669. The number of aryl methyl sites for hydroxylation is 1. The average molecular weight is 292 g/mol. The molecule has 0 radical (unpaired) electrons. The summed E-state index contributed by atoms with van der Waals surface area (Å²) in [5.74, 6) is -0.202. The number of para-hydroxylation sites is 2. The molecule has 0 aliphatic carbocycles. The number of phenolic OH excluding ortho intramolecular Hbond substituents is 2. The molecule has 0 unspecified atom stereocenters. The van der Waals surface area contributed by atoms with Crippen LogP contribution < -0.4 is 4.57 Å². The molecule has 1 aromatic heterocycles. The molecule has 0 spiro atoms. The SMILES string of the molecule is CC[n+]1c(/C=C/c2cccc(O)c2O)ccc2ccccc21. The summed E-state index contributed by atoms with van der Waals surface area (Å²) in [7, 11) is 0. The summed E-state index contributed by atoms with van der Waals surface area (Å²) in [5, 5.41) is 20.6. The summed E-state index contributed by atoms with van der Waals surface area (Å²) in [6.07, 6.45) is 3.76. The van der Waals surface area contributed by atoms with Crippen LogP contribution in [0.5, 0.6) is 11.5 Å². The van der Waals surface area contributed by atoms with Gasteiger partial charge in [-0.25, -0.2) is 0 Å². The zero-order chi connectivity index (χ0) is 15.5. The van der Waals surface area contributed by atoms with Gasteiger partial charge in [0.15, 0.2) is 11.5 Å². The number of hydrogen-bond donors (Lipinski definition) is 2. The number of nitrogens with zero attached hydrogens (tertiary/aromatic N) is 1. The molecule has 110 valence electrons. The monoisotopic (exact) mass is 292 g/mol. The molecule has 0 saturated carbocycles. The number of fused-ring (bicyclic) bond motifs is 1. The zero-order valence-electron chi connectivity index (χ0n) is 12.4. The van der Waals surface area contributed by atoms with Gasteiger partial charge in [0.05, 0.1) is 0 Å². The van der Waals surface area contributed by atoms with E-state index in [0.717, 1.165) is 12.2 Å². The number of aromatic nitrogens is 1. The molecule has 3 nitrogen and oxygen atoms in total. The van der Waals surface area contributed by atoms with Crippen molar-refractivity contribution in [2.75, 3.05) is 0 Å². The first-order valence-electron chi connectivity index (χ1n) is 7.31. The highest BCUT2D eigenvalue weighted by atomic mass is 16.3. The molecule has 3 rings (SSSR count). The van der Waals surface area contributed by atoms with Crippen molar-refractivity contribution in [1.82, 2.24) is 0 Å². The molecule has 2 aromatic carbocycles. The number of rotatable bonds is 3. The van der Waals surface area contributed by atoms with Gasteiger partial charge in [-0.3, -0.25) is 0 Å². The van der Waals surface area contributed by atoms with Gasteiger partial charge in [-0.05, 0) is 31.2 Å². The second kappa shape index (κ2) is 5.90. The van der Waals surface area contributed by atoms with Gasteiger partial charge in [0.2, 0.25) is 11.2 Å². The summed E-state index contributed by atoms with van der Waals surface area (Å²) in [4.78, 5) is 0. The van der Waals surface area contributed by atoms with Crippen molar-refractivity contribution >= 4 is 23.1 Å². The Labute approximate surface area is 129 Å². The van der Waals surface area contributed by atoms with Crippen molar-refractivity contribution in [2.24, 2.45) is 0 Å². The van der Waals surface area contributed by atoms with E-state index in [9.17, 15) is 10.2 Å². The summed E-state index contributed by atoms with van der Waals surface area (Å²) in [6.45, 7) is 2.96. The molecule has 0 aliphatic heterocycles. The van der Waals surface area contributed by atoms with Crippen LogP contribution in [0.1, 0.15) is 18.2 Å². The van der Waals surface area contributed by atoms with Crippen LogP contribution in [0.15, 0.2) is 54.6 Å². The molecule has 0 fully saturated rings. The van der Waals surface area contributed by atoms with E-state index < -0.39 is 0 Å². The van der Waals surface area contributed by atoms with Gasteiger partial charge >= 0.3 is 0 Å². The van der Waals surface area contributed by atoms with E-state index in [1.54, 1.807) is 12.1 Å². The van der Waals surface area contributed by atoms with Gasteiger partial charge in [0, 0.05) is 29.2 Å². The lowest BCUT2D eigenvalue weighted by Crippen LogP contribution is -2.36. The number of pyridine rings is 1. The van der Waals surface area contributed by atoms with Crippen LogP contribution in [0, 0.1) is 0 Å². The normalized spacial score (nSPS) is 11.3. The van der Waals surface area contributed by atoms with E-state index in [1.807, 2.05) is 24.3 Å². The van der Waals surface area contributed by atoms with Gasteiger partial charge in [-0.2, -0.15) is 4.57 Å². The maximum absolute atomic E-state index is 9.87. The third-order valence-corrected chi connectivity index (χ3v) is 3.77. The first kappa shape index (κ1) is 14.1. The Morgan fingerprint density at radius 2 is 1.73 bits per heavy atom. The van der Waals surface area contributed by atoms with Crippen LogP contribution >= 0.6 is 0 Å². The third-order valence-electron chi connectivity index (χ3n) is 3.77. The fraction of sp³-hybridized carbons (Fsp3) is 0.105. The lowest BCUT2D eigenvalue weighted by Gasteiger charge is -2.03. The van der Waals surface area contributed by atoms with Crippen LogP contribution in [0.4, 0.5) is 0 Å². The number of hydrogen-bond acceptors (Lipinski definition) is 2. The minimum Gasteiger partial charge on any atom is -0.504 e. The Hall–Kier alpha value is -2.81. The summed E-state index contributed by atoms with van der Waals surface area (Å²) in [5.41, 5.74) is 2.81. The lowest BCUT2D eigenvalue weighted by atomic mass is 10.1. The maximum atomic E-state index is 9.87. The summed E-state index contributed by atoms with van der Waals surface area (Å²) in [6, 6.07) is 17.3. The largest absolute Gasteiger partial charge is 0.504 e. The first-order valence-corrected chi connectivity index (χ1v) is 7.31. The maximum Gasteiger partial charge on any atom is 0.212 e. The van der Waals surface area contributed by atoms with Crippen molar-refractivity contribution < 1.29 is 14.8 Å². The molecule has 0 bridgehead atoms. The standard InChI is InChI=1S/C19H17NO2/c1-2-20-16(12-10-14-6-3-4-8-17(14)20)13-11-15-7-5-9-18(21)19(15)22/h3-13,21H,2H2,1H3/p+1. The molecule has 3 aromatic rings. The predicted octanol–water partition coefficient (Wildman–Crippen LogP) is 3.73. The van der Waals surface area contributed by atoms with E-state index in [0.29, 0.717) is 5.56 Å². The molecule has 0 amide bonds. The summed E-state index contributed by atoms with van der Waals surface area (Å²) < 4.78 is 2.21. The molecule has 1 heterocycles. The van der Waals surface area contributed by atoms with Gasteiger partial charge in [0.25, 0.3) is 0 Å². The van der Waals surface area contributed by atoms with Crippen molar-refractivity contribution in [3.05, 3.63) is 65.9 Å². The molecule has 2 N–H and O–H groups in total. The second-order valence-electron chi connectivity index (χ2n) is 5.11. The highest BCUT2D eigenvalue weighted by Crippen LogP contribution is 2.29. The third kappa shape index (κ3) is 2.53. The molecule has 0 saturated heterocycles. The van der Waals surface area contributed by atoms with Crippen molar-refractivity contribution in [2.45, 2.75) is 13.5 Å². The predicted molar refractivity (Wildman–Crippen MR) is 88.5 cm³/mol. The molecule has 22 heavy (non-hydrogen) atoms.